The van der Waals surface area contributed by atoms with Crippen LogP contribution >= 0.6 is 16.2 Å². The highest BCUT2D eigenvalue weighted by molar-refractivity contribution is 7.80. The first-order valence-electron chi connectivity index (χ1n) is 15.6. The maximum atomic E-state index is 7.06. The van der Waals surface area contributed by atoms with Crippen LogP contribution in [0.15, 0.2) is 160 Å². The van der Waals surface area contributed by atoms with Gasteiger partial charge in [0.05, 0.1) is 0 Å². The van der Waals surface area contributed by atoms with Crippen molar-refractivity contribution in [3.63, 3.8) is 0 Å². The standard InChI is InChI=1S/C41H32O3P2/c1-28(2)33-22-13-23-38(45(31-16-5-3-6-17-31)32-18-7-4-8-19-32)41(33)44-46-42-36-26-24-29-14-9-11-20-34(29)39(36)40-35-21-12-10-15-30(35)25-27-37(40)43-46/h3-28H,1-2H3. The van der Waals surface area contributed by atoms with Gasteiger partial charge in [0.15, 0.2) is 0 Å². The fourth-order valence-corrected chi connectivity index (χ4v) is 9.89. The summed E-state index contributed by atoms with van der Waals surface area (Å²) >= 11 is 0. The summed E-state index contributed by atoms with van der Waals surface area (Å²) in [6, 6.07) is 53.3. The molecule has 46 heavy (non-hydrogen) atoms. The molecule has 224 valence electrons. The summed E-state index contributed by atoms with van der Waals surface area (Å²) in [6.07, 6.45) is 0. The third-order valence-electron chi connectivity index (χ3n) is 8.46. The van der Waals surface area contributed by atoms with E-state index in [0.29, 0.717) is 0 Å². The summed E-state index contributed by atoms with van der Waals surface area (Å²) in [4.78, 5) is 0. The Kier molecular flexibility index (Phi) is 7.59. The normalized spacial score (nSPS) is 11.7. The van der Waals surface area contributed by atoms with Crippen LogP contribution in [-0.2, 0) is 0 Å². The Bertz CT molecular complexity index is 2240. The number of fused-ring (bicyclic) bond motifs is 7. The molecular weight excluding hydrogens is 602 g/mol. The van der Waals surface area contributed by atoms with Crippen LogP contribution in [0.1, 0.15) is 25.3 Å². The van der Waals surface area contributed by atoms with Crippen molar-refractivity contribution < 1.29 is 12.9 Å². The zero-order chi connectivity index (χ0) is 31.0. The first-order chi connectivity index (χ1) is 22.7. The van der Waals surface area contributed by atoms with Crippen molar-refractivity contribution in [3.05, 3.63) is 157 Å². The Balaban J connectivity index is 1.42. The lowest BCUT2D eigenvalue weighted by molar-refractivity contribution is 0.495. The van der Waals surface area contributed by atoms with E-state index in [4.69, 9.17) is 12.9 Å². The molecule has 0 saturated carbocycles. The Labute approximate surface area is 270 Å². The summed E-state index contributed by atoms with van der Waals surface area (Å²) < 4.78 is 20.7. The van der Waals surface area contributed by atoms with E-state index >= 15 is 0 Å². The SMILES string of the molecule is CC(C)c1cccc(P(c2ccccc2)c2ccccc2)c1Op1oc2ccc3ccccc3c2c2c(ccc3ccccc32)o1. The van der Waals surface area contributed by atoms with Crippen LogP contribution in [0.25, 0.3) is 43.5 Å². The molecule has 8 aromatic rings. The van der Waals surface area contributed by atoms with Crippen LogP contribution in [0, 0.1) is 0 Å². The monoisotopic (exact) mass is 634 g/mol. The number of benzene rings is 7. The van der Waals surface area contributed by atoms with Gasteiger partial charge in [-0.2, -0.15) is 0 Å². The summed E-state index contributed by atoms with van der Waals surface area (Å²) in [5, 5.41) is 10.3. The van der Waals surface area contributed by atoms with Crippen LogP contribution in [0.4, 0.5) is 0 Å². The molecule has 8 rings (SSSR count). The van der Waals surface area contributed by atoms with Gasteiger partial charge in [0.1, 0.15) is 16.9 Å². The number of hydrogen-bond donors (Lipinski definition) is 0. The highest BCUT2D eigenvalue weighted by Gasteiger charge is 2.25. The summed E-state index contributed by atoms with van der Waals surface area (Å²) in [7, 11) is -2.79. The molecule has 0 aliphatic heterocycles. The van der Waals surface area contributed by atoms with Crippen molar-refractivity contribution in [1.82, 2.24) is 0 Å². The number of para-hydroxylation sites is 1. The van der Waals surface area contributed by atoms with Gasteiger partial charge >= 0.3 is 8.24 Å². The average molecular weight is 635 g/mol. The Morgan fingerprint density at radius 1 is 0.522 bits per heavy atom. The highest BCUT2D eigenvalue weighted by Crippen LogP contribution is 2.45. The van der Waals surface area contributed by atoms with Gasteiger partial charge in [-0.1, -0.05) is 153 Å². The molecule has 3 nitrogen and oxygen atoms in total. The molecule has 0 saturated heterocycles. The first-order valence-corrected chi connectivity index (χ1v) is 18.0. The van der Waals surface area contributed by atoms with Crippen LogP contribution in [0.2, 0.25) is 0 Å². The second-order valence-corrected chi connectivity index (χ2v) is 14.9. The van der Waals surface area contributed by atoms with Gasteiger partial charge in [0, 0.05) is 16.1 Å². The van der Waals surface area contributed by atoms with Crippen LogP contribution in [-0.4, -0.2) is 0 Å². The van der Waals surface area contributed by atoms with Gasteiger partial charge in [-0.05, 0) is 63.7 Å². The van der Waals surface area contributed by atoms with Crippen LogP contribution in [0.3, 0.4) is 0 Å². The third-order valence-corrected chi connectivity index (χ3v) is 11.9. The van der Waals surface area contributed by atoms with Gasteiger partial charge in [0.25, 0.3) is 0 Å². The van der Waals surface area contributed by atoms with Crippen molar-refractivity contribution in [2.45, 2.75) is 19.8 Å². The maximum absolute atomic E-state index is 7.06. The molecule has 5 heteroatoms. The molecule has 0 unspecified atom stereocenters. The Hall–Kier alpha value is -4.81. The molecule has 0 fully saturated rings. The molecule has 0 aliphatic carbocycles. The zero-order valence-corrected chi connectivity index (χ0v) is 27.4. The fourth-order valence-electron chi connectivity index (χ4n) is 6.32. The first kappa shape index (κ1) is 28.6. The van der Waals surface area contributed by atoms with E-state index in [-0.39, 0.29) is 5.92 Å². The quantitative estimate of drug-likeness (QED) is 0.171. The van der Waals surface area contributed by atoms with Gasteiger partial charge in [-0.15, -0.1) is 0 Å². The number of hydrogen-bond acceptors (Lipinski definition) is 3. The smallest absolute Gasteiger partial charge is 0.390 e. The van der Waals surface area contributed by atoms with E-state index in [1.54, 1.807) is 0 Å². The van der Waals surface area contributed by atoms with Crippen molar-refractivity contribution in [1.29, 1.82) is 0 Å². The zero-order valence-electron chi connectivity index (χ0n) is 25.6. The van der Waals surface area contributed by atoms with Gasteiger partial charge < -0.3 is 12.9 Å². The third kappa shape index (κ3) is 5.17. The number of rotatable bonds is 6. The lowest BCUT2D eigenvalue weighted by atomic mass is 9.99. The van der Waals surface area contributed by atoms with Crippen LogP contribution < -0.4 is 20.4 Å². The van der Waals surface area contributed by atoms with Gasteiger partial charge in [0.2, 0.25) is 0 Å². The molecule has 0 atom stereocenters. The van der Waals surface area contributed by atoms with E-state index < -0.39 is 16.2 Å². The lowest BCUT2D eigenvalue weighted by Gasteiger charge is -2.24. The summed E-state index contributed by atoms with van der Waals surface area (Å²) in [6.45, 7) is 4.43. The summed E-state index contributed by atoms with van der Waals surface area (Å²) in [5.41, 5.74) is 2.65. The van der Waals surface area contributed by atoms with E-state index in [1.807, 2.05) is 0 Å². The average Bonchev–Trinajstić information content (AvgIpc) is 3.26. The molecule has 0 radical (unpaired) electrons. The van der Waals surface area contributed by atoms with Gasteiger partial charge in [-0.3, -0.25) is 0 Å². The molecule has 0 spiro atoms. The molecular formula is C41H32O3P2. The largest absolute Gasteiger partial charge is 0.453 e. The topological polar surface area (TPSA) is 35.5 Å². The van der Waals surface area contributed by atoms with Crippen molar-refractivity contribution in [3.8, 4) is 5.75 Å². The maximum Gasteiger partial charge on any atom is 0.453 e. The fraction of sp³-hybridized carbons (Fsp3) is 0.0732. The van der Waals surface area contributed by atoms with E-state index in [2.05, 4.69) is 166 Å². The van der Waals surface area contributed by atoms with E-state index in [1.165, 1.54) is 10.6 Å². The summed E-state index contributed by atoms with van der Waals surface area (Å²) in [5.74, 6) is 1.07. The predicted molar refractivity (Wildman–Crippen MR) is 197 cm³/mol. The molecule has 1 heterocycles. The predicted octanol–water partition coefficient (Wildman–Crippen LogP) is 11.3. The minimum absolute atomic E-state index is 0.229. The van der Waals surface area contributed by atoms with E-state index in [0.717, 1.165) is 60.1 Å². The van der Waals surface area contributed by atoms with Crippen molar-refractivity contribution in [2.24, 2.45) is 0 Å². The molecule has 1 aromatic heterocycles. The molecule has 0 aliphatic rings. The molecule has 0 amide bonds. The van der Waals surface area contributed by atoms with Crippen LogP contribution in [0.5, 0.6) is 5.75 Å². The Morgan fingerprint density at radius 2 is 1.02 bits per heavy atom. The van der Waals surface area contributed by atoms with E-state index in [9.17, 15) is 0 Å². The lowest BCUT2D eigenvalue weighted by Crippen LogP contribution is -2.22. The second kappa shape index (κ2) is 12.2. The van der Waals surface area contributed by atoms with Crippen molar-refractivity contribution >= 4 is 75.6 Å². The second-order valence-electron chi connectivity index (χ2n) is 11.7. The minimum Gasteiger partial charge on any atom is -0.390 e. The van der Waals surface area contributed by atoms with Crippen molar-refractivity contribution in [2.75, 3.05) is 0 Å². The van der Waals surface area contributed by atoms with Gasteiger partial charge in [-0.25, -0.2) is 0 Å². The molecule has 7 aromatic carbocycles. The molecule has 0 N–H and O–H groups in total. The minimum atomic E-state index is -1.87. The molecule has 0 bridgehead atoms. The Morgan fingerprint density at radius 3 is 1.54 bits per heavy atom. The highest BCUT2D eigenvalue weighted by atomic mass is 31.1.